The summed E-state index contributed by atoms with van der Waals surface area (Å²) in [6.07, 6.45) is 0. The summed E-state index contributed by atoms with van der Waals surface area (Å²) in [5.74, 6) is -0.995. The smallest absolute Gasteiger partial charge is 0.270 e. The van der Waals surface area contributed by atoms with E-state index in [1.165, 1.54) is 36.0 Å². The lowest BCUT2D eigenvalue weighted by Crippen LogP contribution is -2.12. The summed E-state index contributed by atoms with van der Waals surface area (Å²) in [6, 6.07) is 21.3. The maximum absolute atomic E-state index is 12.5. The van der Waals surface area contributed by atoms with Gasteiger partial charge in [0, 0.05) is 45.4 Å². The third kappa shape index (κ3) is 6.90. The average Bonchev–Trinajstić information content (AvgIpc) is 2.90. The lowest BCUT2D eigenvalue weighted by molar-refractivity contribution is -0.385. The molecule has 0 aliphatic heterocycles. The van der Waals surface area contributed by atoms with Crippen molar-refractivity contribution in [2.45, 2.75) is 9.79 Å². The Hall–Kier alpha value is -4.45. The molecule has 0 atom stereocenters. The molecule has 0 aliphatic rings. The molecule has 0 spiro atoms. The first-order valence-electron chi connectivity index (χ1n) is 11.0. The van der Waals surface area contributed by atoms with Gasteiger partial charge in [-0.15, -0.1) is 0 Å². The molecule has 196 valence electrons. The zero-order valence-electron chi connectivity index (χ0n) is 19.6. The number of carbonyl (C=O) groups excluding carboxylic acids is 2. The van der Waals surface area contributed by atoms with Gasteiger partial charge in [0.2, 0.25) is 0 Å². The Kier molecular flexibility index (Phi) is 8.45. The van der Waals surface area contributed by atoms with E-state index in [2.05, 4.69) is 10.6 Å². The normalized spacial score (nSPS) is 10.5. The van der Waals surface area contributed by atoms with E-state index in [0.29, 0.717) is 11.4 Å². The summed E-state index contributed by atoms with van der Waals surface area (Å²) in [4.78, 5) is 47.3. The summed E-state index contributed by atoms with van der Waals surface area (Å²) < 4.78 is 0. The molecule has 4 aromatic rings. The van der Waals surface area contributed by atoms with Gasteiger partial charge in [0.1, 0.15) is 0 Å². The summed E-state index contributed by atoms with van der Waals surface area (Å²) in [5.41, 5.74) is 0.848. The van der Waals surface area contributed by atoms with Crippen molar-refractivity contribution >= 4 is 69.5 Å². The predicted molar refractivity (Wildman–Crippen MR) is 149 cm³/mol. The topological polar surface area (TPSA) is 144 Å². The third-order valence-electron chi connectivity index (χ3n) is 5.28. The van der Waals surface area contributed by atoms with Gasteiger partial charge < -0.3 is 10.6 Å². The van der Waals surface area contributed by atoms with Gasteiger partial charge in [-0.25, -0.2) is 0 Å². The quantitative estimate of drug-likeness (QED) is 0.162. The van der Waals surface area contributed by atoms with E-state index in [-0.39, 0.29) is 32.5 Å². The Morgan fingerprint density at radius 2 is 0.974 bits per heavy atom. The van der Waals surface area contributed by atoms with Crippen LogP contribution in [0.2, 0.25) is 10.0 Å². The molecule has 2 amide bonds. The summed E-state index contributed by atoms with van der Waals surface area (Å²) in [6.45, 7) is 0. The van der Waals surface area contributed by atoms with Gasteiger partial charge in [0.05, 0.1) is 31.0 Å². The molecule has 0 saturated heterocycles. The largest absolute Gasteiger partial charge is 0.322 e. The van der Waals surface area contributed by atoms with E-state index in [4.69, 9.17) is 23.2 Å². The van der Waals surface area contributed by atoms with Gasteiger partial charge in [-0.2, -0.15) is 0 Å². The van der Waals surface area contributed by atoms with Crippen LogP contribution in [0.3, 0.4) is 0 Å². The van der Waals surface area contributed by atoms with E-state index >= 15 is 0 Å². The fourth-order valence-electron chi connectivity index (χ4n) is 3.35. The fourth-order valence-corrected chi connectivity index (χ4v) is 4.69. The van der Waals surface area contributed by atoms with Crippen molar-refractivity contribution < 1.29 is 19.4 Å². The molecule has 0 aliphatic carbocycles. The number of nitro groups is 2. The molecule has 39 heavy (non-hydrogen) atoms. The SMILES string of the molecule is O=C(Nc1ccc(Sc2ccc(NC(=O)c3ccc([N+](=O)[O-])cc3Cl)cc2)cc1)c1ccc([N+](=O)[O-])cc1Cl. The first-order valence-corrected chi connectivity index (χ1v) is 12.6. The number of hydrogen-bond donors (Lipinski definition) is 2. The van der Waals surface area contributed by atoms with Crippen LogP contribution in [0.15, 0.2) is 94.7 Å². The molecule has 0 saturated carbocycles. The van der Waals surface area contributed by atoms with Crippen LogP contribution >= 0.6 is 35.0 Å². The number of non-ortho nitro benzene ring substituents is 2. The summed E-state index contributed by atoms with van der Waals surface area (Å²) in [5, 5.41) is 27.1. The van der Waals surface area contributed by atoms with Crippen molar-refractivity contribution in [3.63, 3.8) is 0 Å². The van der Waals surface area contributed by atoms with Crippen LogP contribution in [0, 0.1) is 20.2 Å². The van der Waals surface area contributed by atoms with Gasteiger partial charge in [0.25, 0.3) is 23.2 Å². The molecule has 0 radical (unpaired) electrons. The standard InChI is InChI=1S/C26H16Cl2N4O6S/c27-23-13-17(31(35)36)5-11-21(23)25(33)29-15-1-7-19(8-2-15)39-20-9-3-16(4-10-20)30-26(34)22-12-6-18(32(37)38)14-24(22)28/h1-14H,(H,29,33)(H,30,34). The second kappa shape index (κ2) is 11.9. The first kappa shape index (κ1) is 27.6. The molecule has 0 bridgehead atoms. The minimum atomic E-state index is -0.592. The van der Waals surface area contributed by atoms with Crippen molar-refractivity contribution in [2.75, 3.05) is 10.6 Å². The van der Waals surface area contributed by atoms with Crippen LogP contribution in [-0.2, 0) is 0 Å². The number of hydrogen-bond acceptors (Lipinski definition) is 7. The Morgan fingerprint density at radius 1 is 0.615 bits per heavy atom. The van der Waals surface area contributed by atoms with Crippen LogP contribution < -0.4 is 10.6 Å². The molecule has 4 rings (SSSR count). The Balaban J connectivity index is 1.35. The Bertz CT molecular complexity index is 1480. The van der Waals surface area contributed by atoms with Crippen molar-refractivity contribution in [2.24, 2.45) is 0 Å². The number of amides is 2. The summed E-state index contributed by atoms with van der Waals surface area (Å²) in [7, 11) is 0. The number of halogens is 2. The second-order valence-corrected chi connectivity index (χ2v) is 9.86. The van der Waals surface area contributed by atoms with Gasteiger partial charge in [-0.3, -0.25) is 29.8 Å². The highest BCUT2D eigenvalue weighted by Gasteiger charge is 2.16. The monoisotopic (exact) mass is 582 g/mol. The van der Waals surface area contributed by atoms with E-state index in [1.54, 1.807) is 24.3 Å². The summed E-state index contributed by atoms with van der Waals surface area (Å²) >= 11 is 13.5. The zero-order chi connectivity index (χ0) is 28.1. The van der Waals surface area contributed by atoms with Crippen molar-refractivity contribution in [1.29, 1.82) is 0 Å². The number of rotatable bonds is 8. The molecule has 2 N–H and O–H groups in total. The maximum atomic E-state index is 12.5. The number of benzene rings is 4. The van der Waals surface area contributed by atoms with Crippen molar-refractivity contribution in [3.8, 4) is 0 Å². The maximum Gasteiger partial charge on any atom is 0.270 e. The van der Waals surface area contributed by atoms with E-state index in [0.717, 1.165) is 21.9 Å². The highest BCUT2D eigenvalue weighted by atomic mass is 35.5. The second-order valence-electron chi connectivity index (χ2n) is 7.90. The van der Waals surface area contributed by atoms with Gasteiger partial charge in [0.15, 0.2) is 0 Å². The predicted octanol–water partition coefficient (Wildman–Crippen LogP) is 7.47. The number of nitro benzene ring substituents is 2. The molecular formula is C26H16Cl2N4O6S. The zero-order valence-corrected chi connectivity index (χ0v) is 21.9. The fraction of sp³-hybridized carbons (Fsp3) is 0. The third-order valence-corrected chi connectivity index (χ3v) is 6.92. The minimum absolute atomic E-state index is 0.0237. The van der Waals surface area contributed by atoms with Crippen molar-refractivity contribution in [3.05, 3.63) is 126 Å². The molecule has 0 fully saturated rings. The molecule has 10 nitrogen and oxygen atoms in total. The number of carbonyl (C=O) groups is 2. The highest BCUT2D eigenvalue weighted by Crippen LogP contribution is 2.30. The van der Waals surface area contributed by atoms with Crippen LogP contribution in [0.5, 0.6) is 0 Å². The molecule has 0 heterocycles. The van der Waals surface area contributed by atoms with Gasteiger partial charge in [-0.1, -0.05) is 35.0 Å². The van der Waals surface area contributed by atoms with Crippen LogP contribution in [0.4, 0.5) is 22.7 Å². The number of nitrogens with zero attached hydrogens (tertiary/aromatic N) is 2. The molecule has 0 aromatic heterocycles. The number of nitrogens with one attached hydrogen (secondary N) is 2. The van der Waals surface area contributed by atoms with Crippen molar-refractivity contribution in [1.82, 2.24) is 0 Å². The van der Waals surface area contributed by atoms with Crippen LogP contribution in [-0.4, -0.2) is 21.7 Å². The lowest BCUT2D eigenvalue weighted by atomic mass is 10.2. The minimum Gasteiger partial charge on any atom is -0.322 e. The van der Waals surface area contributed by atoms with E-state index in [9.17, 15) is 29.8 Å². The highest BCUT2D eigenvalue weighted by molar-refractivity contribution is 7.99. The lowest BCUT2D eigenvalue weighted by Gasteiger charge is -2.09. The van der Waals surface area contributed by atoms with Gasteiger partial charge >= 0.3 is 0 Å². The first-order chi connectivity index (χ1) is 18.6. The molecule has 13 heteroatoms. The molecular weight excluding hydrogens is 567 g/mol. The average molecular weight is 583 g/mol. The Morgan fingerprint density at radius 3 is 1.28 bits per heavy atom. The van der Waals surface area contributed by atoms with Gasteiger partial charge in [-0.05, 0) is 60.7 Å². The van der Waals surface area contributed by atoms with Crippen LogP contribution in [0.25, 0.3) is 0 Å². The van der Waals surface area contributed by atoms with E-state index < -0.39 is 21.7 Å². The van der Waals surface area contributed by atoms with E-state index in [1.807, 2.05) is 24.3 Å². The Labute approximate surface area is 235 Å². The number of anilines is 2. The van der Waals surface area contributed by atoms with Crippen LogP contribution in [0.1, 0.15) is 20.7 Å². The molecule has 0 unspecified atom stereocenters. The molecule has 4 aromatic carbocycles.